The number of para-hydroxylation sites is 2. The third-order valence-electron chi connectivity index (χ3n) is 4.56. The van der Waals surface area contributed by atoms with Crippen LogP contribution >= 0.6 is 11.8 Å². The van der Waals surface area contributed by atoms with Gasteiger partial charge in [-0.3, -0.25) is 9.59 Å². The predicted octanol–water partition coefficient (Wildman–Crippen LogP) is 4.81. The van der Waals surface area contributed by atoms with E-state index in [0.717, 1.165) is 11.5 Å². The van der Waals surface area contributed by atoms with E-state index in [9.17, 15) is 14.0 Å². The van der Waals surface area contributed by atoms with E-state index in [1.807, 2.05) is 0 Å². The first-order valence-electron chi connectivity index (χ1n) is 10.2. The summed E-state index contributed by atoms with van der Waals surface area (Å²) in [6.07, 6.45) is 0. The van der Waals surface area contributed by atoms with Gasteiger partial charge in [0.25, 0.3) is 11.8 Å². The van der Waals surface area contributed by atoms with Crippen LogP contribution in [0.3, 0.4) is 0 Å². The van der Waals surface area contributed by atoms with Crippen LogP contribution in [0, 0.1) is 12.7 Å². The van der Waals surface area contributed by atoms with Gasteiger partial charge in [0, 0.05) is 18.1 Å². The van der Waals surface area contributed by atoms with Gasteiger partial charge in [0.15, 0.2) is 6.61 Å². The van der Waals surface area contributed by atoms with Gasteiger partial charge >= 0.3 is 0 Å². The summed E-state index contributed by atoms with van der Waals surface area (Å²) >= 11 is 1.74. The first-order valence-corrected chi connectivity index (χ1v) is 11.4. The van der Waals surface area contributed by atoms with Crippen LogP contribution in [0.15, 0.2) is 72.8 Å². The van der Waals surface area contributed by atoms with Gasteiger partial charge in [-0.15, -0.1) is 0 Å². The third kappa shape index (κ3) is 7.13. The number of benzene rings is 3. The van der Waals surface area contributed by atoms with E-state index in [2.05, 4.69) is 41.8 Å². The maximum absolute atomic E-state index is 13.7. The van der Waals surface area contributed by atoms with Crippen molar-refractivity contribution in [2.75, 3.05) is 24.2 Å². The second-order valence-corrected chi connectivity index (χ2v) is 8.21. The summed E-state index contributed by atoms with van der Waals surface area (Å²) in [6, 6.07) is 21.0. The van der Waals surface area contributed by atoms with Crippen LogP contribution in [0.2, 0.25) is 0 Å². The van der Waals surface area contributed by atoms with Gasteiger partial charge in [0.05, 0.1) is 11.3 Å². The van der Waals surface area contributed by atoms with Gasteiger partial charge in [-0.25, -0.2) is 4.39 Å². The van der Waals surface area contributed by atoms with E-state index in [1.54, 1.807) is 42.1 Å². The summed E-state index contributed by atoms with van der Waals surface area (Å²) in [7, 11) is 0. The van der Waals surface area contributed by atoms with Crippen LogP contribution in [0.5, 0.6) is 5.75 Å². The minimum atomic E-state index is -0.527. The molecule has 0 radical (unpaired) electrons. The first-order chi connectivity index (χ1) is 15.5. The van der Waals surface area contributed by atoms with E-state index in [1.165, 1.54) is 29.3 Å². The summed E-state index contributed by atoms with van der Waals surface area (Å²) in [6.45, 7) is 2.23. The Morgan fingerprint density at radius 2 is 1.69 bits per heavy atom. The highest BCUT2D eigenvalue weighted by molar-refractivity contribution is 7.98. The lowest BCUT2D eigenvalue weighted by atomic mass is 10.2. The van der Waals surface area contributed by atoms with Crippen molar-refractivity contribution in [3.63, 3.8) is 0 Å². The van der Waals surface area contributed by atoms with Gasteiger partial charge in [0.1, 0.15) is 11.6 Å². The normalized spacial score (nSPS) is 10.4. The number of amides is 2. The number of rotatable bonds is 10. The number of thioether (sulfide) groups is 1. The first kappa shape index (κ1) is 23.3. The Balaban J connectivity index is 1.45. The Kier molecular flexibility index (Phi) is 8.69. The molecule has 0 saturated heterocycles. The number of ether oxygens (including phenoxy) is 1. The molecule has 0 atom stereocenters. The molecule has 0 aliphatic heterocycles. The highest BCUT2D eigenvalue weighted by Gasteiger charge is 2.13. The molecule has 3 rings (SSSR count). The van der Waals surface area contributed by atoms with Gasteiger partial charge < -0.3 is 15.4 Å². The number of hydrogen-bond acceptors (Lipinski definition) is 4. The highest BCUT2D eigenvalue weighted by atomic mass is 32.2. The molecular weight excluding hydrogens is 427 g/mol. The van der Waals surface area contributed by atoms with Crippen LogP contribution < -0.4 is 15.4 Å². The minimum Gasteiger partial charge on any atom is -0.483 e. The van der Waals surface area contributed by atoms with E-state index >= 15 is 0 Å². The van der Waals surface area contributed by atoms with Crippen molar-refractivity contribution in [2.24, 2.45) is 0 Å². The zero-order valence-electron chi connectivity index (χ0n) is 17.8. The van der Waals surface area contributed by atoms with E-state index in [0.29, 0.717) is 17.9 Å². The second-order valence-electron chi connectivity index (χ2n) is 7.11. The molecule has 0 aromatic heterocycles. The number of carbonyl (C=O) groups excluding carboxylic acids is 2. The summed E-state index contributed by atoms with van der Waals surface area (Å²) in [5, 5.41) is 5.33. The van der Waals surface area contributed by atoms with Gasteiger partial charge in [-0.2, -0.15) is 11.8 Å². The van der Waals surface area contributed by atoms with Crippen LogP contribution in [-0.2, 0) is 10.5 Å². The van der Waals surface area contributed by atoms with Crippen molar-refractivity contribution in [2.45, 2.75) is 12.7 Å². The molecule has 0 spiro atoms. The molecule has 0 bridgehead atoms. The van der Waals surface area contributed by atoms with Gasteiger partial charge in [-0.05, 0) is 36.8 Å². The van der Waals surface area contributed by atoms with E-state index < -0.39 is 11.7 Å². The Bertz CT molecular complexity index is 1060. The number of aryl methyl sites for hydroxylation is 1. The summed E-state index contributed by atoms with van der Waals surface area (Å²) in [5.74, 6) is 0.631. The quantitative estimate of drug-likeness (QED) is 0.433. The molecule has 0 aliphatic rings. The third-order valence-corrected chi connectivity index (χ3v) is 5.59. The van der Waals surface area contributed by atoms with Crippen LogP contribution in [0.25, 0.3) is 0 Å². The largest absolute Gasteiger partial charge is 0.483 e. The van der Waals surface area contributed by atoms with Crippen molar-refractivity contribution in [1.29, 1.82) is 0 Å². The Hall–Kier alpha value is -3.32. The zero-order valence-corrected chi connectivity index (χ0v) is 18.6. The van der Waals surface area contributed by atoms with Crippen molar-refractivity contribution in [1.82, 2.24) is 5.32 Å². The zero-order chi connectivity index (χ0) is 22.8. The molecule has 0 fully saturated rings. The van der Waals surface area contributed by atoms with E-state index in [4.69, 9.17) is 4.74 Å². The topological polar surface area (TPSA) is 67.4 Å². The summed E-state index contributed by atoms with van der Waals surface area (Å²) < 4.78 is 19.2. The summed E-state index contributed by atoms with van der Waals surface area (Å²) in [5.41, 5.74) is 2.90. The predicted molar refractivity (Wildman–Crippen MR) is 127 cm³/mol. The molecule has 3 aromatic rings. The number of carbonyl (C=O) groups is 2. The molecule has 166 valence electrons. The van der Waals surface area contributed by atoms with Crippen LogP contribution in [-0.4, -0.2) is 30.7 Å². The van der Waals surface area contributed by atoms with Gasteiger partial charge in [0.2, 0.25) is 0 Å². The molecule has 0 aliphatic carbocycles. The number of hydrogen-bond donors (Lipinski definition) is 2. The lowest BCUT2D eigenvalue weighted by Crippen LogP contribution is -2.27. The lowest BCUT2D eigenvalue weighted by Gasteiger charge is -2.12. The molecule has 2 amide bonds. The number of nitrogens with one attached hydrogen (secondary N) is 2. The fourth-order valence-corrected chi connectivity index (χ4v) is 3.70. The molecule has 3 aromatic carbocycles. The fourth-order valence-electron chi connectivity index (χ4n) is 2.88. The Labute approximate surface area is 191 Å². The molecule has 0 saturated carbocycles. The standard InChI is InChI=1S/C25H25FN2O3S/c1-18-10-12-19(13-11-18)17-32-15-14-27-25(30)20-6-2-5-9-23(20)31-16-24(29)28-22-8-4-3-7-21(22)26/h2-13H,14-17H2,1H3,(H,27,30)(H,28,29). The minimum absolute atomic E-state index is 0.0789. The smallest absolute Gasteiger partial charge is 0.262 e. The van der Waals surface area contributed by atoms with E-state index in [-0.39, 0.29) is 18.2 Å². The number of anilines is 1. The van der Waals surface area contributed by atoms with Crippen LogP contribution in [0.1, 0.15) is 21.5 Å². The molecule has 5 nitrogen and oxygen atoms in total. The van der Waals surface area contributed by atoms with Crippen molar-refractivity contribution in [3.8, 4) is 5.75 Å². The average molecular weight is 453 g/mol. The Morgan fingerprint density at radius 1 is 0.969 bits per heavy atom. The number of halogens is 1. The SMILES string of the molecule is Cc1ccc(CSCCNC(=O)c2ccccc2OCC(=O)Nc2ccccc2F)cc1. The molecule has 7 heteroatoms. The monoisotopic (exact) mass is 452 g/mol. The molecule has 2 N–H and O–H groups in total. The molecule has 0 heterocycles. The average Bonchev–Trinajstić information content (AvgIpc) is 2.80. The molecule has 32 heavy (non-hydrogen) atoms. The van der Waals surface area contributed by atoms with Crippen molar-refractivity contribution < 1.29 is 18.7 Å². The Morgan fingerprint density at radius 3 is 2.47 bits per heavy atom. The highest BCUT2D eigenvalue weighted by Crippen LogP contribution is 2.19. The maximum atomic E-state index is 13.7. The molecule has 0 unspecified atom stereocenters. The van der Waals surface area contributed by atoms with Crippen molar-refractivity contribution >= 4 is 29.3 Å². The summed E-state index contributed by atoms with van der Waals surface area (Å²) in [4.78, 5) is 24.7. The van der Waals surface area contributed by atoms with Crippen molar-refractivity contribution in [3.05, 3.63) is 95.3 Å². The van der Waals surface area contributed by atoms with Gasteiger partial charge in [-0.1, -0.05) is 54.1 Å². The fraction of sp³-hybridized carbons (Fsp3) is 0.200. The molecular formula is C25H25FN2O3S. The maximum Gasteiger partial charge on any atom is 0.262 e. The lowest BCUT2D eigenvalue weighted by molar-refractivity contribution is -0.118. The second kappa shape index (κ2) is 11.9. The van der Waals surface area contributed by atoms with Crippen LogP contribution in [0.4, 0.5) is 10.1 Å².